The van der Waals surface area contributed by atoms with Crippen LogP contribution in [0.4, 0.5) is 11.4 Å². The van der Waals surface area contributed by atoms with Crippen molar-refractivity contribution in [2.45, 2.75) is 25.7 Å². The number of nitrogens with one attached hydrogen (secondary N) is 1. The Bertz CT molecular complexity index is 1340. The molecule has 0 atom stereocenters. The van der Waals surface area contributed by atoms with Crippen LogP contribution in [0.1, 0.15) is 38.8 Å². The number of Topliss-reactive ketones (excluding diaryl/α,β-unsaturated/α-hetero) is 1. The van der Waals surface area contributed by atoms with Crippen LogP contribution in [0.2, 0.25) is 0 Å². The zero-order valence-corrected chi connectivity index (χ0v) is 20.9. The van der Waals surface area contributed by atoms with Crippen molar-refractivity contribution in [3.63, 3.8) is 0 Å². The Morgan fingerprint density at radius 2 is 1.37 bits per heavy atom. The second-order valence-electron chi connectivity index (χ2n) is 8.81. The van der Waals surface area contributed by atoms with Crippen molar-refractivity contribution in [2.75, 3.05) is 35.8 Å². The van der Waals surface area contributed by atoms with Crippen LogP contribution in [0.5, 0.6) is 0 Å². The number of hydrogen-bond acceptors (Lipinski definition) is 5. The van der Waals surface area contributed by atoms with E-state index in [2.05, 4.69) is 9.62 Å². The Labute approximate surface area is 206 Å². The van der Waals surface area contributed by atoms with Gasteiger partial charge < -0.3 is 9.80 Å². The van der Waals surface area contributed by atoms with Gasteiger partial charge in [-0.3, -0.25) is 14.3 Å². The number of sulfonamides is 1. The van der Waals surface area contributed by atoms with Gasteiger partial charge in [-0.1, -0.05) is 6.07 Å². The first-order valence-corrected chi connectivity index (χ1v) is 13.0. The maximum atomic E-state index is 13.0. The third-order valence-electron chi connectivity index (χ3n) is 6.38. The Morgan fingerprint density at radius 1 is 0.771 bits per heavy atom. The van der Waals surface area contributed by atoms with Gasteiger partial charge in [-0.25, -0.2) is 8.42 Å². The first kappa shape index (κ1) is 24.5. The highest BCUT2D eigenvalue weighted by molar-refractivity contribution is 7.92. The summed E-state index contributed by atoms with van der Waals surface area (Å²) in [7, 11) is -3.76. The molecule has 0 radical (unpaired) electrons. The highest BCUT2D eigenvalue weighted by atomic mass is 32.2. The Kier molecular flexibility index (Phi) is 6.93. The molecular formula is C27H29N3O4S. The lowest BCUT2D eigenvalue weighted by Gasteiger charge is -2.36. The second kappa shape index (κ2) is 9.92. The molecule has 182 valence electrons. The van der Waals surface area contributed by atoms with Crippen LogP contribution in [0.15, 0.2) is 71.6 Å². The molecule has 1 aliphatic rings. The minimum atomic E-state index is -3.76. The number of anilines is 2. The summed E-state index contributed by atoms with van der Waals surface area (Å²) in [5.41, 5.74) is 4.74. The van der Waals surface area contributed by atoms with Gasteiger partial charge in [-0.2, -0.15) is 0 Å². The lowest BCUT2D eigenvalue weighted by Crippen LogP contribution is -2.48. The average molecular weight is 492 g/mol. The van der Waals surface area contributed by atoms with Crippen molar-refractivity contribution < 1.29 is 18.0 Å². The van der Waals surface area contributed by atoms with E-state index in [0.29, 0.717) is 43.0 Å². The van der Waals surface area contributed by atoms with Gasteiger partial charge in [-0.15, -0.1) is 0 Å². The summed E-state index contributed by atoms with van der Waals surface area (Å²) in [6.45, 7) is 7.91. The molecular weight excluding hydrogens is 462 g/mol. The standard InChI is InChI=1S/C27H29N3O4S/c1-19-4-9-24(18-20(19)2)28-35(33,34)26-12-7-23(8-13-26)27(32)30-16-14-29(15-17-30)25-10-5-22(6-11-25)21(3)31/h4-13,18,28H,14-17H2,1-3H3. The maximum Gasteiger partial charge on any atom is 0.261 e. The molecule has 0 aliphatic carbocycles. The monoisotopic (exact) mass is 491 g/mol. The van der Waals surface area contributed by atoms with Crippen LogP contribution in [-0.2, 0) is 10.0 Å². The van der Waals surface area contributed by atoms with E-state index in [1.165, 1.54) is 12.1 Å². The Hall–Kier alpha value is -3.65. The Balaban J connectivity index is 1.38. The van der Waals surface area contributed by atoms with Gasteiger partial charge in [0.2, 0.25) is 0 Å². The van der Waals surface area contributed by atoms with E-state index >= 15 is 0 Å². The van der Waals surface area contributed by atoms with Crippen molar-refractivity contribution in [3.8, 4) is 0 Å². The van der Waals surface area contributed by atoms with Crippen molar-refractivity contribution in [1.82, 2.24) is 4.90 Å². The minimum absolute atomic E-state index is 0.0341. The summed E-state index contributed by atoms with van der Waals surface area (Å²) in [5, 5.41) is 0. The van der Waals surface area contributed by atoms with Gasteiger partial charge in [0, 0.05) is 48.7 Å². The number of piperazine rings is 1. The highest BCUT2D eigenvalue weighted by Crippen LogP contribution is 2.21. The van der Waals surface area contributed by atoms with Crippen LogP contribution in [0.25, 0.3) is 0 Å². The smallest absolute Gasteiger partial charge is 0.261 e. The summed E-state index contributed by atoms with van der Waals surface area (Å²) < 4.78 is 28.2. The van der Waals surface area contributed by atoms with E-state index in [0.717, 1.165) is 16.8 Å². The molecule has 35 heavy (non-hydrogen) atoms. The highest BCUT2D eigenvalue weighted by Gasteiger charge is 2.23. The molecule has 0 aromatic heterocycles. The van der Waals surface area contributed by atoms with E-state index < -0.39 is 10.0 Å². The lowest BCUT2D eigenvalue weighted by atomic mass is 10.1. The number of amides is 1. The van der Waals surface area contributed by atoms with Crippen molar-refractivity contribution in [1.29, 1.82) is 0 Å². The lowest BCUT2D eigenvalue weighted by molar-refractivity contribution is 0.0746. The van der Waals surface area contributed by atoms with E-state index in [1.807, 2.05) is 44.2 Å². The summed E-state index contributed by atoms with van der Waals surface area (Å²) in [6, 6.07) is 18.9. The van der Waals surface area contributed by atoms with Crippen molar-refractivity contribution in [2.24, 2.45) is 0 Å². The molecule has 0 saturated carbocycles. The van der Waals surface area contributed by atoms with Gasteiger partial charge in [-0.05, 0) is 92.6 Å². The van der Waals surface area contributed by atoms with Gasteiger partial charge in [0.15, 0.2) is 5.78 Å². The fourth-order valence-electron chi connectivity index (χ4n) is 4.05. The molecule has 0 spiro atoms. The van der Waals surface area contributed by atoms with Crippen LogP contribution in [0, 0.1) is 13.8 Å². The largest absolute Gasteiger partial charge is 0.368 e. The molecule has 1 amide bonds. The summed E-state index contributed by atoms with van der Waals surface area (Å²) >= 11 is 0. The second-order valence-corrected chi connectivity index (χ2v) is 10.5. The maximum absolute atomic E-state index is 13.0. The van der Waals surface area contributed by atoms with Gasteiger partial charge in [0.25, 0.3) is 15.9 Å². The molecule has 1 heterocycles. The van der Waals surface area contributed by atoms with Crippen LogP contribution in [-0.4, -0.2) is 51.2 Å². The topological polar surface area (TPSA) is 86.8 Å². The number of nitrogens with zero attached hydrogens (tertiary/aromatic N) is 2. The molecule has 3 aromatic rings. The predicted octanol–water partition coefficient (Wildman–Crippen LogP) is 4.27. The number of carbonyl (C=O) groups excluding carboxylic acids is 2. The van der Waals surface area contributed by atoms with E-state index in [1.54, 1.807) is 36.1 Å². The molecule has 7 nitrogen and oxygen atoms in total. The van der Waals surface area contributed by atoms with Crippen molar-refractivity contribution >= 4 is 33.1 Å². The summed E-state index contributed by atoms with van der Waals surface area (Å²) in [4.78, 5) is 28.5. The quantitative estimate of drug-likeness (QED) is 0.521. The fraction of sp³-hybridized carbons (Fsp3) is 0.259. The number of hydrogen-bond donors (Lipinski definition) is 1. The van der Waals surface area contributed by atoms with Crippen LogP contribution < -0.4 is 9.62 Å². The third-order valence-corrected chi connectivity index (χ3v) is 7.77. The van der Waals surface area contributed by atoms with Crippen LogP contribution in [0.3, 0.4) is 0 Å². The SMILES string of the molecule is CC(=O)c1ccc(N2CCN(C(=O)c3ccc(S(=O)(=O)Nc4ccc(C)c(C)c4)cc3)CC2)cc1. The molecule has 3 aromatic carbocycles. The van der Waals surface area contributed by atoms with Gasteiger partial charge in [0.05, 0.1) is 4.90 Å². The molecule has 4 rings (SSSR count). The molecule has 0 bridgehead atoms. The number of ketones is 1. The normalized spacial score (nSPS) is 14.0. The number of carbonyl (C=O) groups is 2. The zero-order valence-electron chi connectivity index (χ0n) is 20.1. The first-order valence-electron chi connectivity index (χ1n) is 11.5. The minimum Gasteiger partial charge on any atom is -0.368 e. The zero-order chi connectivity index (χ0) is 25.2. The van der Waals surface area contributed by atoms with E-state index in [9.17, 15) is 18.0 Å². The molecule has 1 saturated heterocycles. The van der Waals surface area contributed by atoms with Gasteiger partial charge in [0.1, 0.15) is 0 Å². The molecule has 1 N–H and O–H groups in total. The Morgan fingerprint density at radius 3 is 1.94 bits per heavy atom. The predicted molar refractivity (Wildman–Crippen MR) is 138 cm³/mol. The van der Waals surface area contributed by atoms with Crippen molar-refractivity contribution in [3.05, 3.63) is 89.0 Å². The third kappa shape index (κ3) is 5.54. The number of rotatable bonds is 6. The number of aryl methyl sites for hydroxylation is 2. The van der Waals surface area contributed by atoms with Crippen LogP contribution >= 0.6 is 0 Å². The number of benzene rings is 3. The molecule has 0 unspecified atom stereocenters. The first-order chi connectivity index (χ1) is 16.6. The molecule has 1 aliphatic heterocycles. The molecule has 1 fully saturated rings. The van der Waals surface area contributed by atoms with Gasteiger partial charge >= 0.3 is 0 Å². The summed E-state index contributed by atoms with van der Waals surface area (Å²) in [6.07, 6.45) is 0. The molecule has 8 heteroatoms. The van der Waals surface area contributed by atoms with E-state index in [4.69, 9.17) is 0 Å². The fourth-order valence-corrected chi connectivity index (χ4v) is 5.10. The average Bonchev–Trinajstić information content (AvgIpc) is 2.86. The summed E-state index contributed by atoms with van der Waals surface area (Å²) in [5.74, 6) is -0.0885. The van der Waals surface area contributed by atoms with E-state index in [-0.39, 0.29) is 16.6 Å².